The van der Waals surface area contributed by atoms with Gasteiger partial charge in [-0.1, -0.05) is 32.0 Å². The maximum absolute atomic E-state index is 14.3. The number of fused-ring (bicyclic) bond motifs is 3. The minimum Gasteiger partial charge on any atom is -0.398 e. The van der Waals surface area contributed by atoms with Gasteiger partial charge >= 0.3 is 0 Å². The van der Waals surface area contributed by atoms with Gasteiger partial charge < -0.3 is 15.7 Å². The van der Waals surface area contributed by atoms with Crippen LogP contribution in [0, 0.1) is 43.4 Å². The number of pyridine rings is 1. The van der Waals surface area contributed by atoms with Gasteiger partial charge in [0.2, 0.25) is 0 Å². The van der Waals surface area contributed by atoms with Crippen molar-refractivity contribution < 1.29 is 9.90 Å². The normalized spacial score (nSPS) is 29.6. The number of hydrogen-bond donors (Lipinski definition) is 2. The fourth-order valence-corrected chi connectivity index (χ4v) is 7.29. The molecular weight excluding hydrogens is 458 g/mol. The molecule has 2 aliphatic carbocycles. The molecule has 0 spiro atoms. The molecule has 6 unspecified atom stereocenters. The van der Waals surface area contributed by atoms with Crippen LogP contribution >= 0.6 is 0 Å². The van der Waals surface area contributed by atoms with E-state index in [1.807, 2.05) is 56.4 Å². The molecule has 2 heterocycles. The van der Waals surface area contributed by atoms with Gasteiger partial charge in [0.15, 0.2) is 5.78 Å². The van der Waals surface area contributed by atoms with Crippen molar-refractivity contribution in [1.29, 1.82) is 0 Å². The molecule has 3 aromatic rings. The lowest BCUT2D eigenvalue weighted by Crippen LogP contribution is -2.39. The molecular formula is C32H37N3O2. The number of rotatable bonds is 4. The van der Waals surface area contributed by atoms with Gasteiger partial charge in [0.1, 0.15) is 0 Å². The second kappa shape index (κ2) is 9.07. The minimum atomic E-state index is -0.655. The van der Waals surface area contributed by atoms with Gasteiger partial charge in [-0.15, -0.1) is 0 Å². The van der Waals surface area contributed by atoms with Gasteiger partial charge in [0.05, 0.1) is 6.10 Å². The number of nitrogens with two attached hydrogens (primary N) is 1. The lowest BCUT2D eigenvalue weighted by Gasteiger charge is -2.39. The SMILES string of the molecule is CCN1CC(O)c2cc(cc(-c3ccc(C)cc3N)c2)C(=O)C2C3C(C1)C3C2[C@H](C)c1ccc(C)nc1. The summed E-state index contributed by atoms with van der Waals surface area (Å²) in [5, 5.41) is 11.3. The fourth-order valence-electron chi connectivity index (χ4n) is 7.29. The molecule has 2 fully saturated rings. The van der Waals surface area contributed by atoms with Crippen LogP contribution in [-0.2, 0) is 0 Å². The van der Waals surface area contributed by atoms with E-state index in [0.717, 1.165) is 41.0 Å². The van der Waals surface area contributed by atoms with Crippen LogP contribution < -0.4 is 5.73 Å². The Labute approximate surface area is 219 Å². The molecule has 2 saturated carbocycles. The average Bonchev–Trinajstić information content (AvgIpc) is 3.47. The van der Waals surface area contributed by atoms with E-state index < -0.39 is 6.10 Å². The van der Waals surface area contributed by atoms with Crippen molar-refractivity contribution in [2.45, 2.75) is 39.7 Å². The lowest BCUT2D eigenvalue weighted by atomic mass is 9.63. The largest absolute Gasteiger partial charge is 0.398 e. The first-order valence-electron chi connectivity index (χ1n) is 13.7. The Bertz CT molecular complexity index is 1350. The summed E-state index contributed by atoms with van der Waals surface area (Å²) in [5.41, 5.74) is 13.7. The Morgan fingerprint density at radius 3 is 2.54 bits per heavy atom. The Morgan fingerprint density at radius 2 is 1.84 bits per heavy atom. The van der Waals surface area contributed by atoms with E-state index in [9.17, 15) is 9.90 Å². The number of ketones is 1. The van der Waals surface area contributed by atoms with E-state index in [2.05, 4.69) is 35.9 Å². The first-order chi connectivity index (χ1) is 17.8. The van der Waals surface area contributed by atoms with Crippen LogP contribution in [0.4, 0.5) is 5.69 Å². The topological polar surface area (TPSA) is 79.5 Å². The number of nitrogen functional groups attached to an aromatic ring is 1. The molecule has 1 aliphatic heterocycles. The quantitative estimate of drug-likeness (QED) is 0.473. The van der Waals surface area contributed by atoms with E-state index in [0.29, 0.717) is 41.5 Å². The highest BCUT2D eigenvalue weighted by Crippen LogP contribution is 2.72. The van der Waals surface area contributed by atoms with Gasteiger partial charge in [0.25, 0.3) is 0 Å². The number of aryl methyl sites for hydroxylation is 2. The number of carbonyl (C=O) groups is 1. The molecule has 0 amide bonds. The molecule has 2 aromatic carbocycles. The molecule has 3 aliphatic rings. The number of aliphatic hydroxyl groups excluding tert-OH is 1. The highest BCUT2D eigenvalue weighted by molar-refractivity contribution is 6.01. The molecule has 0 saturated heterocycles. The van der Waals surface area contributed by atoms with E-state index in [-0.39, 0.29) is 17.6 Å². The van der Waals surface area contributed by atoms with Gasteiger partial charge in [-0.25, -0.2) is 0 Å². The van der Waals surface area contributed by atoms with Crippen LogP contribution in [0.5, 0.6) is 0 Å². The number of aliphatic hydroxyl groups is 1. The number of nitrogens with zero attached hydrogens (tertiary/aromatic N) is 2. The van der Waals surface area contributed by atoms with Gasteiger partial charge in [-0.3, -0.25) is 9.78 Å². The van der Waals surface area contributed by atoms with Crippen molar-refractivity contribution in [3.05, 3.63) is 82.7 Å². The maximum Gasteiger partial charge on any atom is 0.166 e. The molecule has 37 heavy (non-hydrogen) atoms. The van der Waals surface area contributed by atoms with Crippen LogP contribution in [0.3, 0.4) is 0 Å². The molecule has 5 nitrogen and oxygen atoms in total. The number of aromatic nitrogens is 1. The lowest BCUT2D eigenvalue weighted by molar-refractivity contribution is 0.0654. The summed E-state index contributed by atoms with van der Waals surface area (Å²) in [6.45, 7) is 10.8. The fraction of sp³-hybridized carbons (Fsp3) is 0.438. The third-order valence-electron chi connectivity index (χ3n) is 9.40. The number of benzene rings is 2. The standard InChI is InChI=1S/C32H37N3O2/c1-5-35-15-25-29-28(19(4)20-8-7-18(3)34-14-20)31(30(25)29)32(37)23-12-21(11-22(13-23)27(36)16-35)24-9-6-17(2)10-26(24)33/h6-14,19,25,27-31,36H,5,15-16,33H2,1-4H3/t19-,25?,27?,28?,29?,30?,31?/m1/s1. The zero-order valence-electron chi connectivity index (χ0n) is 22.2. The summed E-state index contributed by atoms with van der Waals surface area (Å²) in [7, 11) is 0. The van der Waals surface area contributed by atoms with Crippen molar-refractivity contribution >= 4 is 11.5 Å². The van der Waals surface area contributed by atoms with Crippen LogP contribution in [0.1, 0.15) is 58.6 Å². The summed E-state index contributed by atoms with van der Waals surface area (Å²) in [4.78, 5) is 21.2. The zero-order valence-corrected chi connectivity index (χ0v) is 22.2. The maximum atomic E-state index is 14.3. The van der Waals surface area contributed by atoms with Crippen molar-refractivity contribution in [2.24, 2.45) is 29.6 Å². The summed E-state index contributed by atoms with van der Waals surface area (Å²) < 4.78 is 0. The van der Waals surface area contributed by atoms with Crippen molar-refractivity contribution in [3.63, 3.8) is 0 Å². The Morgan fingerprint density at radius 1 is 1.05 bits per heavy atom. The number of Topliss-reactive ketones (excluding diaryl/α,β-unsaturated/α-hetero) is 1. The molecule has 7 atom stereocenters. The monoisotopic (exact) mass is 495 g/mol. The second-order valence-corrected chi connectivity index (χ2v) is 11.6. The van der Waals surface area contributed by atoms with E-state index in [1.165, 1.54) is 5.56 Å². The minimum absolute atomic E-state index is 0.00119. The predicted molar refractivity (Wildman–Crippen MR) is 147 cm³/mol. The molecule has 5 heteroatoms. The highest BCUT2D eigenvalue weighted by Gasteiger charge is 2.71. The van der Waals surface area contributed by atoms with Crippen molar-refractivity contribution in [1.82, 2.24) is 9.88 Å². The predicted octanol–water partition coefficient (Wildman–Crippen LogP) is 5.41. The first-order valence-corrected chi connectivity index (χ1v) is 13.7. The van der Waals surface area contributed by atoms with Crippen molar-refractivity contribution in [2.75, 3.05) is 25.4 Å². The summed E-state index contributed by atoms with van der Waals surface area (Å²) >= 11 is 0. The van der Waals surface area contributed by atoms with Gasteiger partial charge in [0, 0.05) is 47.7 Å². The van der Waals surface area contributed by atoms with Crippen LogP contribution in [0.15, 0.2) is 54.7 Å². The van der Waals surface area contributed by atoms with Crippen LogP contribution in [0.2, 0.25) is 0 Å². The first kappa shape index (κ1) is 24.3. The number of carbonyl (C=O) groups excluding carboxylic acids is 1. The second-order valence-electron chi connectivity index (χ2n) is 11.6. The van der Waals surface area contributed by atoms with Gasteiger partial charge in [-0.05, 0) is 103 Å². The molecule has 6 rings (SSSR count). The Hall–Kier alpha value is -3.02. The van der Waals surface area contributed by atoms with E-state index >= 15 is 0 Å². The molecule has 192 valence electrons. The smallest absolute Gasteiger partial charge is 0.166 e. The third-order valence-corrected chi connectivity index (χ3v) is 9.40. The number of hydrogen-bond acceptors (Lipinski definition) is 5. The molecule has 3 N–H and O–H groups in total. The number of anilines is 1. The van der Waals surface area contributed by atoms with Crippen LogP contribution in [-0.4, -0.2) is 40.4 Å². The molecule has 0 radical (unpaired) electrons. The highest BCUT2D eigenvalue weighted by atomic mass is 16.3. The van der Waals surface area contributed by atoms with Crippen molar-refractivity contribution in [3.8, 4) is 11.1 Å². The summed E-state index contributed by atoms with van der Waals surface area (Å²) in [6.07, 6.45) is 1.33. The Kier molecular flexibility index (Phi) is 5.96. The Balaban J connectivity index is 1.43. The van der Waals surface area contributed by atoms with Gasteiger partial charge in [-0.2, -0.15) is 0 Å². The zero-order chi connectivity index (χ0) is 26.0. The molecule has 1 aromatic heterocycles. The van der Waals surface area contributed by atoms with Crippen LogP contribution in [0.25, 0.3) is 11.1 Å². The number of β-amino-alcohol motifs (C(OH)–C–C–N with tert-alkyl or cyclic N) is 1. The average molecular weight is 496 g/mol. The van der Waals surface area contributed by atoms with E-state index in [4.69, 9.17) is 5.73 Å². The van der Waals surface area contributed by atoms with E-state index in [1.54, 1.807) is 0 Å². The molecule has 2 bridgehead atoms. The third kappa shape index (κ3) is 4.09. The number of likely N-dealkylation sites (N-methyl/N-ethyl adjacent to an activating group) is 1. The summed E-state index contributed by atoms with van der Waals surface area (Å²) in [5.74, 6) is 2.30. The summed E-state index contributed by atoms with van der Waals surface area (Å²) in [6, 6.07) is 16.2.